The molecule has 2 aromatic carbocycles. The molecule has 10 nitrogen and oxygen atoms in total. The number of rotatable bonds is 6. The number of anilines is 1. The summed E-state index contributed by atoms with van der Waals surface area (Å²) in [4.78, 5) is -0.828. The van der Waals surface area contributed by atoms with Crippen molar-refractivity contribution >= 4 is 38.1 Å². The number of benzene rings is 2. The first kappa shape index (κ1) is 23.3. The Morgan fingerprint density at radius 1 is 0.839 bits per heavy atom. The third-order valence-electron chi connectivity index (χ3n) is 3.78. The molecule has 0 bridgehead atoms. The van der Waals surface area contributed by atoms with Crippen molar-refractivity contribution in [1.82, 2.24) is 0 Å². The molecule has 0 saturated carbocycles. The van der Waals surface area contributed by atoms with E-state index in [1.54, 1.807) is 6.07 Å². The third-order valence-corrected chi connectivity index (χ3v) is 5.56. The molecule has 0 aromatic heterocycles. The highest BCUT2D eigenvalue weighted by molar-refractivity contribution is 7.86. The average Bonchev–Trinajstić information content (AvgIpc) is 2.71. The molecule has 0 unspecified atom stereocenters. The highest BCUT2D eigenvalue weighted by atomic mass is 32.2. The van der Waals surface area contributed by atoms with Crippen molar-refractivity contribution in [3.63, 3.8) is 0 Å². The predicted octanol–water partition coefficient (Wildman–Crippen LogP) is 2.59. The average molecular weight is 456 g/mol. The second-order valence-corrected chi connectivity index (χ2v) is 8.63. The van der Waals surface area contributed by atoms with Gasteiger partial charge in [0.2, 0.25) is 0 Å². The van der Waals surface area contributed by atoms with Crippen LogP contribution in [0.4, 0.5) is 5.69 Å². The summed E-state index contributed by atoms with van der Waals surface area (Å²) in [6.45, 7) is 0. The zero-order valence-corrected chi connectivity index (χ0v) is 17.0. The fraction of sp³-hybridized carbons (Fsp3) is 0. The molecule has 0 radical (unpaired) electrons. The van der Waals surface area contributed by atoms with E-state index in [2.05, 4.69) is 5.32 Å². The van der Waals surface area contributed by atoms with Gasteiger partial charge in [-0.15, -0.1) is 0 Å². The van der Waals surface area contributed by atoms with Crippen LogP contribution in [0.2, 0.25) is 0 Å². The molecule has 0 amide bonds. The van der Waals surface area contributed by atoms with E-state index >= 15 is 0 Å². The summed E-state index contributed by atoms with van der Waals surface area (Å²) in [5.41, 5.74) is -0.336. The Morgan fingerprint density at radius 3 is 1.94 bits per heavy atom. The lowest BCUT2D eigenvalue weighted by atomic mass is 10.1. The standard InChI is InChI=1S/C19H12N4O6S2/c20-10-15(11-21)18(12-22)23-16-6-5-14(19(9-16)31(27,28)29)4-1-13-2-7-17(8-3-13)30(24,25)26/h1-9,23H,(H,24,25,26)(H,27,28,29). The van der Waals surface area contributed by atoms with Gasteiger partial charge in [0.15, 0.2) is 5.57 Å². The Hall–Kier alpha value is -3.99. The quantitative estimate of drug-likeness (QED) is 0.330. The van der Waals surface area contributed by atoms with Crippen LogP contribution in [0, 0.1) is 34.0 Å². The summed E-state index contributed by atoms with van der Waals surface area (Å²) >= 11 is 0. The normalized spacial score (nSPS) is 11.2. The molecule has 0 fully saturated rings. The van der Waals surface area contributed by atoms with E-state index in [9.17, 15) is 21.4 Å². The Labute approximate surface area is 178 Å². The van der Waals surface area contributed by atoms with Crippen LogP contribution in [0.3, 0.4) is 0 Å². The van der Waals surface area contributed by atoms with Crippen LogP contribution in [0.25, 0.3) is 12.2 Å². The molecule has 156 valence electrons. The fourth-order valence-electron chi connectivity index (χ4n) is 2.34. The maximum Gasteiger partial charge on any atom is 0.295 e. The van der Waals surface area contributed by atoms with Gasteiger partial charge in [-0.25, -0.2) is 0 Å². The molecule has 31 heavy (non-hydrogen) atoms. The molecule has 0 aliphatic carbocycles. The largest absolute Gasteiger partial charge is 0.345 e. The van der Waals surface area contributed by atoms with Crippen LogP contribution in [-0.2, 0) is 20.2 Å². The van der Waals surface area contributed by atoms with Crippen LogP contribution in [0.1, 0.15) is 11.1 Å². The molecule has 0 heterocycles. The van der Waals surface area contributed by atoms with Gasteiger partial charge in [-0.3, -0.25) is 9.11 Å². The minimum absolute atomic E-state index is 0.0295. The highest BCUT2D eigenvalue weighted by Crippen LogP contribution is 2.24. The van der Waals surface area contributed by atoms with E-state index < -0.39 is 36.4 Å². The van der Waals surface area contributed by atoms with Gasteiger partial charge in [-0.2, -0.15) is 32.6 Å². The Kier molecular flexibility index (Phi) is 6.93. The van der Waals surface area contributed by atoms with Gasteiger partial charge in [-0.1, -0.05) is 30.4 Å². The lowest BCUT2D eigenvalue weighted by Gasteiger charge is -2.09. The number of nitriles is 3. The lowest BCUT2D eigenvalue weighted by Crippen LogP contribution is -2.05. The van der Waals surface area contributed by atoms with Gasteiger partial charge < -0.3 is 5.32 Å². The van der Waals surface area contributed by atoms with Gasteiger partial charge in [0.25, 0.3) is 20.2 Å². The zero-order chi connectivity index (χ0) is 23.2. The van der Waals surface area contributed by atoms with Crippen molar-refractivity contribution in [3.8, 4) is 18.2 Å². The van der Waals surface area contributed by atoms with Crippen LogP contribution >= 0.6 is 0 Å². The van der Waals surface area contributed by atoms with Crippen LogP contribution in [0.5, 0.6) is 0 Å². The molecule has 0 atom stereocenters. The monoisotopic (exact) mass is 456 g/mol. The number of allylic oxidation sites excluding steroid dienone is 2. The smallest absolute Gasteiger partial charge is 0.295 e. The molecular formula is C19H12N4O6S2. The molecule has 2 aromatic rings. The summed E-state index contributed by atoms with van der Waals surface area (Å²) < 4.78 is 64.2. The van der Waals surface area contributed by atoms with Crippen molar-refractivity contribution in [2.45, 2.75) is 9.79 Å². The topological polar surface area (TPSA) is 192 Å². The Bertz CT molecular complexity index is 1400. The first-order valence-electron chi connectivity index (χ1n) is 8.08. The molecule has 3 N–H and O–H groups in total. The first-order valence-corrected chi connectivity index (χ1v) is 11.0. The molecular weight excluding hydrogens is 444 g/mol. The molecule has 2 rings (SSSR count). The number of nitrogens with one attached hydrogen (secondary N) is 1. The second kappa shape index (κ2) is 9.22. The minimum atomic E-state index is -4.69. The molecule has 0 spiro atoms. The third kappa shape index (κ3) is 6.00. The predicted molar refractivity (Wildman–Crippen MR) is 109 cm³/mol. The number of hydrogen-bond donors (Lipinski definition) is 3. The fourth-order valence-corrected chi connectivity index (χ4v) is 3.53. The summed E-state index contributed by atoms with van der Waals surface area (Å²) in [5, 5.41) is 29.3. The van der Waals surface area contributed by atoms with Gasteiger partial charge in [0, 0.05) is 5.69 Å². The summed E-state index contributed by atoms with van der Waals surface area (Å²) in [6, 6.07) is 13.4. The van der Waals surface area contributed by atoms with Crippen LogP contribution in [0.15, 0.2) is 63.5 Å². The summed E-state index contributed by atoms with van der Waals surface area (Å²) in [7, 11) is -9.04. The van der Waals surface area contributed by atoms with E-state index in [-0.39, 0.29) is 16.1 Å². The number of hydrogen-bond acceptors (Lipinski definition) is 8. The summed E-state index contributed by atoms with van der Waals surface area (Å²) in [5.74, 6) is 0. The summed E-state index contributed by atoms with van der Waals surface area (Å²) in [6.07, 6.45) is 2.78. The molecule has 0 saturated heterocycles. The van der Waals surface area contributed by atoms with Crippen molar-refractivity contribution in [3.05, 3.63) is 64.9 Å². The van der Waals surface area contributed by atoms with Gasteiger partial charge in [0.1, 0.15) is 28.8 Å². The van der Waals surface area contributed by atoms with Gasteiger partial charge >= 0.3 is 0 Å². The lowest BCUT2D eigenvalue weighted by molar-refractivity contribution is 0.481. The van der Waals surface area contributed by atoms with Crippen molar-refractivity contribution in [2.75, 3.05) is 5.32 Å². The SMILES string of the molecule is N#CC(C#N)=C(C#N)Nc1ccc(C=Cc2ccc(S(=O)(=O)O)cc2)c(S(=O)(=O)O)c1. The van der Waals surface area contributed by atoms with E-state index in [1.165, 1.54) is 48.6 Å². The van der Waals surface area contributed by atoms with Crippen LogP contribution < -0.4 is 5.32 Å². The Balaban J connectivity index is 2.45. The van der Waals surface area contributed by atoms with Crippen molar-refractivity contribution in [2.24, 2.45) is 0 Å². The zero-order valence-electron chi connectivity index (χ0n) is 15.4. The van der Waals surface area contributed by atoms with Crippen molar-refractivity contribution in [1.29, 1.82) is 15.8 Å². The van der Waals surface area contributed by atoms with Gasteiger partial charge in [-0.05, 0) is 35.4 Å². The van der Waals surface area contributed by atoms with Crippen molar-refractivity contribution < 1.29 is 25.9 Å². The highest BCUT2D eigenvalue weighted by Gasteiger charge is 2.16. The molecule has 0 aliphatic heterocycles. The van der Waals surface area contributed by atoms with E-state index in [1.807, 2.05) is 0 Å². The first-order chi connectivity index (χ1) is 14.5. The van der Waals surface area contributed by atoms with Crippen LogP contribution in [-0.4, -0.2) is 25.9 Å². The van der Waals surface area contributed by atoms with E-state index in [0.29, 0.717) is 5.56 Å². The molecule has 12 heteroatoms. The molecule has 0 aliphatic rings. The second-order valence-electron chi connectivity index (χ2n) is 5.82. The maximum absolute atomic E-state index is 11.8. The maximum atomic E-state index is 11.8. The Morgan fingerprint density at radius 2 is 1.45 bits per heavy atom. The number of nitrogens with zero attached hydrogens (tertiary/aromatic N) is 3. The minimum Gasteiger partial charge on any atom is -0.345 e. The van der Waals surface area contributed by atoms with E-state index in [0.717, 1.165) is 18.2 Å². The van der Waals surface area contributed by atoms with E-state index in [4.69, 9.17) is 20.3 Å². The van der Waals surface area contributed by atoms with Gasteiger partial charge in [0.05, 0.1) is 4.90 Å².